The summed E-state index contributed by atoms with van der Waals surface area (Å²) in [6, 6.07) is 18.0. The quantitative estimate of drug-likeness (QED) is 0.400. The van der Waals surface area contributed by atoms with Crippen LogP contribution in [-0.2, 0) is 14.6 Å². The van der Waals surface area contributed by atoms with Crippen LogP contribution in [0.25, 0.3) is 5.57 Å². The Hall–Kier alpha value is -2.92. The third kappa shape index (κ3) is 5.65. The lowest BCUT2D eigenvalue weighted by Crippen LogP contribution is -2.51. The number of carbonyl (C=O) groups is 1. The van der Waals surface area contributed by atoms with Gasteiger partial charge in [-0.3, -0.25) is 14.9 Å². The van der Waals surface area contributed by atoms with E-state index >= 15 is 0 Å². The van der Waals surface area contributed by atoms with Gasteiger partial charge in [-0.05, 0) is 55.2 Å². The zero-order valence-corrected chi connectivity index (χ0v) is 19.2. The number of hydroxylamine groups is 1. The van der Waals surface area contributed by atoms with Crippen LogP contribution < -0.4 is 5.48 Å². The van der Waals surface area contributed by atoms with E-state index in [1.165, 1.54) is 18.0 Å². The summed E-state index contributed by atoms with van der Waals surface area (Å²) in [4.78, 5) is 14.1. The first-order valence-electron chi connectivity index (χ1n) is 10.5. The van der Waals surface area contributed by atoms with E-state index in [0.29, 0.717) is 13.1 Å². The van der Waals surface area contributed by atoms with Crippen LogP contribution in [0.5, 0.6) is 0 Å². The van der Waals surface area contributed by atoms with Crippen LogP contribution in [0.1, 0.15) is 36.5 Å². The molecular weight excluding hydrogens is 424 g/mol. The molecule has 0 aromatic heterocycles. The van der Waals surface area contributed by atoms with Gasteiger partial charge in [0.2, 0.25) is 0 Å². The van der Waals surface area contributed by atoms with Crippen LogP contribution in [0.4, 0.5) is 0 Å². The fourth-order valence-electron chi connectivity index (χ4n) is 3.57. The van der Waals surface area contributed by atoms with Crippen molar-refractivity contribution in [2.45, 2.75) is 24.5 Å². The normalized spacial score (nSPS) is 16.3. The van der Waals surface area contributed by atoms with Crippen LogP contribution >= 0.6 is 0 Å². The van der Waals surface area contributed by atoms with Crippen molar-refractivity contribution in [3.05, 3.63) is 77.4 Å². The average Bonchev–Trinajstić information content (AvgIpc) is 2.81. The van der Waals surface area contributed by atoms with E-state index in [0.717, 1.165) is 35.9 Å². The van der Waals surface area contributed by atoms with Gasteiger partial charge in [-0.25, -0.2) is 13.9 Å². The molecule has 0 aliphatic carbocycles. The Morgan fingerprint density at radius 1 is 1.09 bits per heavy atom. The van der Waals surface area contributed by atoms with Gasteiger partial charge < -0.3 is 0 Å². The smallest absolute Gasteiger partial charge is 0.264 e. The molecule has 1 unspecified atom stereocenters. The Morgan fingerprint density at radius 2 is 1.72 bits per heavy atom. The first-order valence-corrected chi connectivity index (χ1v) is 12.3. The molecule has 6 nitrogen and oxygen atoms in total. The van der Waals surface area contributed by atoms with Crippen LogP contribution in [0.3, 0.4) is 0 Å². The van der Waals surface area contributed by atoms with Crippen LogP contribution in [0, 0.1) is 11.8 Å². The van der Waals surface area contributed by atoms with E-state index in [4.69, 9.17) is 5.21 Å². The number of benzene rings is 2. The lowest BCUT2D eigenvalue weighted by atomic mass is 9.97. The van der Waals surface area contributed by atoms with Crippen molar-refractivity contribution in [1.29, 1.82) is 0 Å². The second-order valence-corrected chi connectivity index (χ2v) is 10.6. The Morgan fingerprint density at radius 3 is 2.25 bits per heavy atom. The summed E-state index contributed by atoms with van der Waals surface area (Å²) >= 11 is 0. The van der Waals surface area contributed by atoms with E-state index < -0.39 is 20.5 Å². The highest BCUT2D eigenvalue weighted by molar-refractivity contribution is 7.92. The SMILES string of the molecule is CC(CCN1CC=C(c2ccc(C#Cc3ccccc3)cc2)CC1)(C(=O)NO)S(C)(=O)=O. The first-order chi connectivity index (χ1) is 15.2. The molecule has 1 aliphatic rings. The molecule has 32 heavy (non-hydrogen) atoms. The Labute approximate surface area is 189 Å². The second kappa shape index (κ2) is 10.1. The summed E-state index contributed by atoms with van der Waals surface area (Å²) in [7, 11) is -3.68. The highest BCUT2D eigenvalue weighted by atomic mass is 32.2. The minimum absolute atomic E-state index is 0.107. The number of carbonyl (C=O) groups excluding carboxylic acids is 1. The third-order valence-corrected chi connectivity index (χ3v) is 8.01. The van der Waals surface area contributed by atoms with Crippen LogP contribution in [0.2, 0.25) is 0 Å². The molecular formula is C25H28N2O4S. The number of hydrogen-bond donors (Lipinski definition) is 2. The van der Waals surface area contributed by atoms with Gasteiger partial charge in [0.25, 0.3) is 5.91 Å². The molecule has 2 N–H and O–H groups in total. The average molecular weight is 453 g/mol. The Balaban J connectivity index is 1.61. The topological polar surface area (TPSA) is 86.7 Å². The summed E-state index contributed by atoms with van der Waals surface area (Å²) in [6.45, 7) is 3.23. The van der Waals surface area contributed by atoms with Gasteiger partial charge in [0.15, 0.2) is 14.6 Å². The molecule has 0 saturated heterocycles. The van der Waals surface area contributed by atoms with Gasteiger partial charge in [-0.1, -0.05) is 48.2 Å². The van der Waals surface area contributed by atoms with Gasteiger partial charge in [-0.2, -0.15) is 0 Å². The van der Waals surface area contributed by atoms with Crippen molar-refractivity contribution in [3.8, 4) is 11.8 Å². The number of rotatable bonds is 6. The molecule has 0 spiro atoms. The highest BCUT2D eigenvalue weighted by Gasteiger charge is 2.43. The van der Waals surface area contributed by atoms with Crippen molar-refractivity contribution >= 4 is 21.3 Å². The summed E-state index contributed by atoms with van der Waals surface area (Å²) in [6.07, 6.45) is 4.09. The highest BCUT2D eigenvalue weighted by Crippen LogP contribution is 2.25. The molecule has 2 aromatic carbocycles. The maximum absolute atomic E-state index is 12.1. The molecule has 2 aromatic rings. The van der Waals surface area contributed by atoms with Crippen LogP contribution in [0.15, 0.2) is 60.7 Å². The van der Waals surface area contributed by atoms with E-state index in [-0.39, 0.29) is 6.42 Å². The molecule has 0 fully saturated rings. The van der Waals surface area contributed by atoms with Gasteiger partial charge >= 0.3 is 0 Å². The van der Waals surface area contributed by atoms with E-state index in [1.54, 1.807) is 0 Å². The van der Waals surface area contributed by atoms with Crippen molar-refractivity contribution in [3.63, 3.8) is 0 Å². The standard InChI is InChI=1S/C25H28N2O4S/c1-25(24(28)26-29,32(2,30)31)16-19-27-17-14-23(15-18-27)22-12-10-21(11-13-22)9-8-20-6-4-3-5-7-20/h3-7,10-14,29H,15-19H2,1-2H3,(H,26,28). The minimum Gasteiger partial charge on any atom is -0.299 e. The van der Waals surface area contributed by atoms with E-state index in [1.807, 2.05) is 42.5 Å². The lowest BCUT2D eigenvalue weighted by molar-refractivity contribution is -0.131. The molecule has 0 radical (unpaired) electrons. The fraction of sp³-hybridized carbons (Fsp3) is 0.320. The molecule has 1 atom stereocenters. The van der Waals surface area contributed by atoms with Crippen LogP contribution in [-0.4, -0.2) is 55.1 Å². The number of sulfone groups is 1. The zero-order valence-electron chi connectivity index (χ0n) is 18.3. The van der Waals surface area contributed by atoms with Gasteiger partial charge in [-0.15, -0.1) is 0 Å². The predicted octanol–water partition coefficient (Wildman–Crippen LogP) is 2.87. The van der Waals surface area contributed by atoms with Crippen molar-refractivity contribution in [2.75, 3.05) is 25.9 Å². The van der Waals surface area contributed by atoms with Crippen molar-refractivity contribution in [1.82, 2.24) is 10.4 Å². The summed E-state index contributed by atoms with van der Waals surface area (Å²) < 4.78 is 22.5. The first kappa shape index (κ1) is 23.7. The van der Waals surface area contributed by atoms with E-state index in [9.17, 15) is 13.2 Å². The lowest BCUT2D eigenvalue weighted by Gasteiger charge is -2.31. The largest absolute Gasteiger partial charge is 0.299 e. The van der Waals surface area contributed by atoms with Gasteiger partial charge in [0.05, 0.1) is 0 Å². The second-order valence-electron chi connectivity index (χ2n) is 8.17. The fourth-order valence-corrected chi connectivity index (χ4v) is 4.41. The molecule has 0 bridgehead atoms. The van der Waals surface area contributed by atoms with Crippen molar-refractivity contribution in [2.24, 2.45) is 0 Å². The summed E-state index contributed by atoms with van der Waals surface area (Å²) in [5.41, 5.74) is 5.82. The monoisotopic (exact) mass is 452 g/mol. The summed E-state index contributed by atoms with van der Waals surface area (Å²) in [5, 5.41) is 8.95. The molecule has 7 heteroatoms. The van der Waals surface area contributed by atoms with Crippen molar-refractivity contribution < 1.29 is 18.4 Å². The number of hydrogen-bond acceptors (Lipinski definition) is 5. The molecule has 1 amide bonds. The number of nitrogens with one attached hydrogen (secondary N) is 1. The number of nitrogens with zero attached hydrogens (tertiary/aromatic N) is 1. The molecule has 168 valence electrons. The molecule has 0 saturated carbocycles. The minimum atomic E-state index is -3.68. The molecule has 1 aliphatic heterocycles. The Bertz CT molecular complexity index is 1150. The molecule has 3 rings (SSSR count). The summed E-state index contributed by atoms with van der Waals surface area (Å²) in [5.74, 6) is 5.43. The van der Waals surface area contributed by atoms with E-state index in [2.05, 4.69) is 34.9 Å². The van der Waals surface area contributed by atoms with Gasteiger partial charge in [0, 0.05) is 37.0 Å². The molecule has 1 heterocycles. The third-order valence-electron chi connectivity index (χ3n) is 5.98. The predicted molar refractivity (Wildman–Crippen MR) is 126 cm³/mol. The zero-order chi connectivity index (χ0) is 23.2. The maximum atomic E-state index is 12.1. The van der Waals surface area contributed by atoms with Gasteiger partial charge in [0.1, 0.15) is 0 Å². The maximum Gasteiger partial charge on any atom is 0.264 e. The number of amides is 1. The Kier molecular flexibility index (Phi) is 7.52.